The van der Waals surface area contributed by atoms with Crippen molar-refractivity contribution in [3.05, 3.63) is 69.6 Å². The van der Waals surface area contributed by atoms with Gasteiger partial charge in [0.2, 0.25) is 11.8 Å². The van der Waals surface area contributed by atoms with Crippen molar-refractivity contribution in [2.45, 2.75) is 64.2 Å². The van der Waals surface area contributed by atoms with Crippen LogP contribution in [0.3, 0.4) is 0 Å². The van der Waals surface area contributed by atoms with Gasteiger partial charge in [-0.3, -0.25) is 14.4 Å². The number of aromatic nitrogens is 6. The number of ketones is 1. The topological polar surface area (TPSA) is 239 Å². The summed E-state index contributed by atoms with van der Waals surface area (Å²) in [5.41, 5.74) is 8.24. The number of fused-ring (bicyclic) bond motifs is 7. The Balaban J connectivity index is 0.000000188. The number of amides is 2. The van der Waals surface area contributed by atoms with E-state index in [0.29, 0.717) is 74.7 Å². The van der Waals surface area contributed by atoms with Crippen molar-refractivity contribution in [1.29, 1.82) is 0 Å². The van der Waals surface area contributed by atoms with E-state index in [1.54, 1.807) is 0 Å². The molecule has 58 heavy (non-hydrogen) atoms. The molecule has 3 aliphatic carbocycles. The lowest BCUT2D eigenvalue weighted by Crippen LogP contribution is -2.35. The van der Waals surface area contributed by atoms with Gasteiger partial charge in [0.05, 0.1) is 22.3 Å². The van der Waals surface area contributed by atoms with Crippen LogP contribution in [0.1, 0.15) is 70.5 Å². The zero-order chi connectivity index (χ0) is 41.2. The molecule has 308 valence electrons. The zero-order valence-electron chi connectivity index (χ0n) is 32.3. The maximum Gasteiger partial charge on any atom is 0.223 e. The van der Waals surface area contributed by atoms with Crippen molar-refractivity contribution >= 4 is 82.4 Å². The van der Waals surface area contributed by atoms with E-state index in [1.165, 1.54) is 25.2 Å². The summed E-state index contributed by atoms with van der Waals surface area (Å²) in [6.45, 7) is 0.712. The minimum absolute atomic E-state index is 0.0449. The number of aromatic amines is 2. The van der Waals surface area contributed by atoms with Crippen molar-refractivity contribution in [1.82, 2.24) is 40.5 Å². The quantitative estimate of drug-likeness (QED) is 0.0892. The molecule has 8 rings (SSSR count). The molecule has 0 saturated carbocycles. The van der Waals surface area contributed by atoms with E-state index in [1.807, 2.05) is 18.2 Å². The van der Waals surface area contributed by atoms with Crippen LogP contribution < -0.4 is 16.0 Å². The van der Waals surface area contributed by atoms with Crippen LogP contribution in [-0.2, 0) is 61.4 Å². The fraction of sp³-hybridized carbons (Fsp3) is 0.462. The summed E-state index contributed by atoms with van der Waals surface area (Å²) in [6.07, 6.45) is 11.4. The number of hydrogen-bond donors (Lipinski definition) is 5. The Morgan fingerprint density at radius 1 is 0.741 bits per heavy atom. The number of hydrogen-bond acceptors (Lipinski definition) is 12. The molecule has 5 aromatic rings. The molecular weight excluding hydrogens is 806 g/mol. The van der Waals surface area contributed by atoms with Gasteiger partial charge in [-0.25, -0.2) is 36.8 Å². The minimum atomic E-state index is -3.04. The molecule has 2 atom stereocenters. The van der Waals surface area contributed by atoms with E-state index in [9.17, 15) is 31.2 Å². The van der Waals surface area contributed by atoms with Gasteiger partial charge in [-0.05, 0) is 80.5 Å². The number of carbonyl (C=O) groups excluding carboxylic acids is 3. The molecule has 5 N–H and O–H groups in total. The lowest BCUT2D eigenvalue weighted by Gasteiger charge is -2.22. The first-order chi connectivity index (χ1) is 27.6. The molecule has 4 heterocycles. The number of anilines is 2. The Bertz CT molecular complexity index is 2630. The lowest BCUT2D eigenvalue weighted by molar-refractivity contribution is -0.126. The Morgan fingerprint density at radius 2 is 1.29 bits per heavy atom. The number of sulfone groups is 2. The number of aryl methyl sites for hydroxylation is 2. The van der Waals surface area contributed by atoms with Gasteiger partial charge < -0.3 is 25.9 Å². The summed E-state index contributed by atoms with van der Waals surface area (Å²) in [4.78, 5) is 61.0. The molecule has 2 unspecified atom stereocenters. The number of Topliss-reactive ketones (excluding diaryl/α,β-unsaturated/α-hetero) is 1. The van der Waals surface area contributed by atoms with Crippen LogP contribution in [0.15, 0.2) is 30.9 Å². The highest BCUT2D eigenvalue weighted by Gasteiger charge is 2.31. The number of benzene rings is 1. The summed E-state index contributed by atoms with van der Waals surface area (Å²) in [6, 6.07) is 5.69. The van der Waals surface area contributed by atoms with Gasteiger partial charge in [0, 0.05) is 66.5 Å². The van der Waals surface area contributed by atoms with Crippen LogP contribution in [0.2, 0.25) is 5.15 Å². The minimum Gasteiger partial charge on any atom is -0.356 e. The summed E-state index contributed by atoms with van der Waals surface area (Å²) in [5, 5.41) is 11.2. The third kappa shape index (κ3) is 9.50. The second-order valence-corrected chi connectivity index (χ2v) is 20.2. The largest absolute Gasteiger partial charge is 0.356 e. The maximum atomic E-state index is 12.8. The van der Waals surface area contributed by atoms with Gasteiger partial charge in [-0.15, -0.1) is 0 Å². The third-order valence-electron chi connectivity index (χ3n) is 11.0. The molecule has 0 aliphatic heterocycles. The molecular formula is C39H46ClN9O7S2. The van der Waals surface area contributed by atoms with E-state index in [2.05, 4.69) is 45.9 Å². The van der Waals surface area contributed by atoms with Gasteiger partial charge in [0.25, 0.3) is 0 Å². The van der Waals surface area contributed by atoms with Crippen molar-refractivity contribution in [2.75, 3.05) is 42.4 Å². The second kappa shape index (κ2) is 17.1. The Hall–Kier alpha value is -4.94. The van der Waals surface area contributed by atoms with E-state index in [0.717, 1.165) is 75.0 Å². The highest BCUT2D eigenvalue weighted by atomic mass is 35.5. The molecule has 0 saturated heterocycles. The zero-order valence-corrected chi connectivity index (χ0v) is 34.7. The van der Waals surface area contributed by atoms with Crippen molar-refractivity contribution in [3.63, 3.8) is 0 Å². The lowest BCUT2D eigenvalue weighted by atomic mass is 9.86. The fourth-order valence-electron chi connectivity index (χ4n) is 8.10. The first kappa shape index (κ1) is 41.2. The SMILES string of the molecule is CS(=O)(=O)CCCNC(=O)C1CCc2[nH]c3ncnc(Cl)c3c2C1.CS(=O)(=O)CCCNC(=O)C1CCc2[nH]c3ncnc(Nc4cccc5c4CCC5=O)c3c2C1. The van der Waals surface area contributed by atoms with Gasteiger partial charge in [-0.2, -0.15) is 0 Å². The van der Waals surface area contributed by atoms with Gasteiger partial charge >= 0.3 is 0 Å². The van der Waals surface area contributed by atoms with Crippen LogP contribution in [0.4, 0.5) is 11.5 Å². The first-order valence-corrected chi connectivity index (χ1v) is 23.8. The van der Waals surface area contributed by atoms with E-state index in [-0.39, 0.29) is 40.9 Å². The molecule has 0 spiro atoms. The van der Waals surface area contributed by atoms with Gasteiger partial charge in [0.15, 0.2) is 5.78 Å². The predicted octanol–water partition coefficient (Wildman–Crippen LogP) is 3.75. The average molecular weight is 852 g/mol. The standard InChI is InChI=1S/C24H27N5O4S.C15H19ClN4O3S/c1-34(32,33)11-3-10-25-24(31)14-6-8-19-17(12-14)21-22(26-13-27-23(21)29-19)28-18-5-2-4-16-15(18)7-9-20(16)30;1-24(22,23)6-2-5-17-15(21)9-3-4-11-10(7-9)12-13(16)18-8-19-14(12)20-11/h2,4-5,13-14H,3,6-12H2,1H3,(H,25,31)(H2,26,27,28,29);8-9H,2-7H2,1H3,(H,17,21)(H,18,19,20). The highest BCUT2D eigenvalue weighted by molar-refractivity contribution is 7.90. The maximum absolute atomic E-state index is 12.8. The number of rotatable bonds is 12. The smallest absolute Gasteiger partial charge is 0.223 e. The average Bonchev–Trinajstić information content (AvgIpc) is 3.88. The third-order valence-corrected chi connectivity index (χ3v) is 13.3. The molecule has 16 nitrogen and oxygen atoms in total. The van der Waals surface area contributed by atoms with E-state index in [4.69, 9.17) is 11.6 Å². The van der Waals surface area contributed by atoms with E-state index >= 15 is 0 Å². The van der Waals surface area contributed by atoms with Crippen LogP contribution in [0.25, 0.3) is 22.1 Å². The molecule has 19 heteroatoms. The molecule has 1 aromatic carbocycles. The van der Waals surface area contributed by atoms with Gasteiger partial charge in [0.1, 0.15) is 54.6 Å². The van der Waals surface area contributed by atoms with E-state index < -0.39 is 19.7 Å². The number of nitrogens with one attached hydrogen (secondary N) is 5. The highest BCUT2D eigenvalue weighted by Crippen LogP contribution is 2.37. The van der Waals surface area contributed by atoms with Crippen LogP contribution >= 0.6 is 11.6 Å². The second-order valence-electron chi connectivity index (χ2n) is 15.3. The molecule has 3 aliphatic rings. The Kier molecular flexibility index (Phi) is 12.2. The summed E-state index contributed by atoms with van der Waals surface area (Å²) < 4.78 is 44.8. The van der Waals surface area contributed by atoms with Crippen LogP contribution in [-0.4, -0.2) is 101 Å². The van der Waals surface area contributed by atoms with Crippen molar-refractivity contribution in [3.8, 4) is 0 Å². The molecule has 4 aromatic heterocycles. The number of halogens is 1. The molecule has 2 amide bonds. The number of H-pyrrole nitrogens is 2. The number of carbonyl (C=O) groups is 3. The van der Waals surface area contributed by atoms with Crippen molar-refractivity contribution < 1.29 is 31.2 Å². The first-order valence-electron chi connectivity index (χ1n) is 19.3. The predicted molar refractivity (Wildman–Crippen MR) is 221 cm³/mol. The normalized spacial score (nSPS) is 17.5. The monoisotopic (exact) mass is 851 g/mol. The fourth-order valence-corrected chi connectivity index (χ4v) is 9.69. The van der Waals surface area contributed by atoms with Crippen molar-refractivity contribution in [2.24, 2.45) is 11.8 Å². The summed E-state index contributed by atoms with van der Waals surface area (Å²) in [7, 11) is -6.03. The molecule has 0 radical (unpaired) electrons. The van der Waals surface area contributed by atoms with Gasteiger partial charge in [-0.1, -0.05) is 23.7 Å². The number of nitrogens with zero attached hydrogens (tertiary/aromatic N) is 4. The summed E-state index contributed by atoms with van der Waals surface area (Å²) >= 11 is 6.18. The molecule has 0 fully saturated rings. The Morgan fingerprint density at radius 3 is 1.88 bits per heavy atom. The molecule has 0 bridgehead atoms. The Labute approximate surface area is 341 Å². The van der Waals surface area contributed by atoms with Crippen LogP contribution in [0, 0.1) is 11.8 Å². The van der Waals surface area contributed by atoms with Crippen LogP contribution in [0.5, 0.6) is 0 Å². The summed E-state index contributed by atoms with van der Waals surface area (Å²) in [5.74, 6) is 0.516.